The molecule has 0 saturated heterocycles. The Morgan fingerprint density at radius 3 is 0.712 bits per heavy atom. The van der Waals surface area contributed by atoms with Gasteiger partial charge in [0.2, 0.25) is 0 Å². The van der Waals surface area contributed by atoms with E-state index in [2.05, 4.69) is 230 Å². The molecule has 0 aliphatic heterocycles. The fourth-order valence-corrected chi connectivity index (χ4v) is 4.77. The lowest BCUT2D eigenvalue weighted by Crippen LogP contribution is -2.27. The molecule has 0 bridgehead atoms. The highest BCUT2D eigenvalue weighted by Crippen LogP contribution is 2.23. The average Bonchev–Trinajstić information content (AvgIpc) is 3.22. The van der Waals surface area contributed by atoms with Crippen molar-refractivity contribution >= 4 is 0 Å². The van der Waals surface area contributed by atoms with E-state index in [4.69, 9.17) is 0 Å². The Kier molecular flexibility index (Phi) is 63.0. The molecule has 8 atom stereocenters. The van der Waals surface area contributed by atoms with E-state index in [1.165, 1.54) is 38.5 Å². The molecule has 0 amide bonds. The number of aliphatic hydroxyl groups is 3. The zero-order valence-electron chi connectivity index (χ0n) is 57.8. The topological polar surface area (TPSA) is 60.7 Å². The third kappa shape index (κ3) is 80.1. The minimum Gasteiger partial charge on any atom is -0.390 e. The highest BCUT2D eigenvalue weighted by molar-refractivity contribution is 4.97. The van der Waals surface area contributed by atoms with Crippen molar-refractivity contribution in [2.45, 2.75) is 317 Å². The van der Waals surface area contributed by atoms with Gasteiger partial charge in [0, 0.05) is 11.8 Å². The van der Waals surface area contributed by atoms with Gasteiger partial charge < -0.3 is 15.3 Å². The lowest BCUT2D eigenvalue weighted by atomic mass is 9.90. The molecule has 3 N–H and O–H groups in total. The van der Waals surface area contributed by atoms with Crippen LogP contribution in [0, 0.1) is 101 Å². The summed E-state index contributed by atoms with van der Waals surface area (Å²) in [6, 6.07) is 0. The van der Waals surface area contributed by atoms with Gasteiger partial charge >= 0.3 is 0 Å². The van der Waals surface area contributed by atoms with E-state index in [0.717, 1.165) is 66.1 Å². The van der Waals surface area contributed by atoms with Crippen LogP contribution in [0.5, 0.6) is 0 Å². The molecule has 0 rings (SSSR count). The maximum absolute atomic E-state index is 9.69. The van der Waals surface area contributed by atoms with Gasteiger partial charge in [-0.3, -0.25) is 0 Å². The maximum Gasteiger partial charge on any atom is 0.0651 e. The van der Waals surface area contributed by atoms with Crippen LogP contribution in [0.25, 0.3) is 0 Å². The van der Waals surface area contributed by atoms with Gasteiger partial charge in [-0.2, -0.15) is 0 Å². The zero-order valence-corrected chi connectivity index (χ0v) is 57.8. The van der Waals surface area contributed by atoms with E-state index >= 15 is 0 Å². The molecule has 0 radical (unpaired) electrons. The minimum absolute atomic E-state index is 0.216. The first-order valence-corrected chi connectivity index (χ1v) is 30.9. The molecule has 0 saturated carbocycles. The second kappa shape index (κ2) is 51.8. The predicted molar refractivity (Wildman–Crippen MR) is 343 cm³/mol. The summed E-state index contributed by atoms with van der Waals surface area (Å²) in [5, 5.41) is 28.8. The largest absolute Gasteiger partial charge is 0.390 e. The Morgan fingerprint density at radius 2 is 0.548 bits per heavy atom. The Bertz CT molecular complexity index is 1100. The Labute approximate surface area is 467 Å². The summed E-state index contributed by atoms with van der Waals surface area (Å²) in [4.78, 5) is 0. The van der Waals surface area contributed by atoms with Gasteiger partial charge in [-0.25, -0.2) is 0 Å². The first-order chi connectivity index (χ1) is 32.7. The highest BCUT2D eigenvalue weighted by Gasteiger charge is 2.21. The summed E-state index contributed by atoms with van der Waals surface area (Å²) in [5.41, 5.74) is -1.68. The van der Waals surface area contributed by atoms with E-state index in [1.54, 1.807) is 0 Å². The monoisotopic (exact) mass is 1040 g/mol. The van der Waals surface area contributed by atoms with Gasteiger partial charge in [0.15, 0.2) is 0 Å². The first kappa shape index (κ1) is 88.7. The van der Waals surface area contributed by atoms with Crippen molar-refractivity contribution in [2.24, 2.45) is 101 Å². The van der Waals surface area contributed by atoms with Crippen molar-refractivity contribution in [3.8, 4) is 0 Å². The molecule has 3 heteroatoms. The number of hydrogen-bond donors (Lipinski definition) is 3. The van der Waals surface area contributed by atoms with Gasteiger partial charge in [0.25, 0.3) is 0 Å². The van der Waals surface area contributed by atoms with Gasteiger partial charge in [-0.1, -0.05) is 289 Å². The van der Waals surface area contributed by atoms with Gasteiger partial charge in [-0.05, 0) is 137 Å². The molecular weight excluding hydrogens is 889 g/mol. The number of allylic oxidation sites excluding steroid dienone is 4. The highest BCUT2D eigenvalue weighted by atomic mass is 16.3. The smallest absolute Gasteiger partial charge is 0.0651 e. The van der Waals surface area contributed by atoms with Crippen LogP contribution in [0.2, 0.25) is 0 Å². The van der Waals surface area contributed by atoms with Crippen LogP contribution in [0.4, 0.5) is 0 Å². The van der Waals surface area contributed by atoms with E-state index in [0.29, 0.717) is 35.5 Å². The quantitative estimate of drug-likeness (QED) is 0.0894. The molecule has 0 aliphatic rings. The Morgan fingerprint density at radius 1 is 0.329 bits per heavy atom. The summed E-state index contributed by atoms with van der Waals surface area (Å²) in [5.74, 6) is 11.8. The lowest BCUT2D eigenvalue weighted by molar-refractivity contribution is 0.0434. The van der Waals surface area contributed by atoms with Crippen molar-refractivity contribution in [3.63, 3.8) is 0 Å². The van der Waals surface area contributed by atoms with Crippen molar-refractivity contribution < 1.29 is 15.3 Å². The van der Waals surface area contributed by atoms with Crippen LogP contribution in [0.3, 0.4) is 0 Å². The van der Waals surface area contributed by atoms with Crippen LogP contribution in [0.1, 0.15) is 301 Å². The summed E-state index contributed by atoms with van der Waals surface area (Å²) in [7, 11) is 0. The van der Waals surface area contributed by atoms with Crippen LogP contribution >= 0.6 is 0 Å². The molecule has 3 nitrogen and oxygen atoms in total. The standard InChI is InChI=1S/2C12H24O.C12H24.C11H24O.C11H24.C5H12.C4H10.C3H8/c2*1-9(2)10(3)7-8-11(4)12(5,6)13;1-9(2)11(5)7-8-12(6)10(3)4;1-9(2)10(3)7-6-8-11(4,5)12;1-9(2)7-6-8-11(5)10(3)4;1-4-5(2)3;1-4(2)3;1-3-2/h2*7-11,13H,1-6H3;7-12H,1-6H3;9-10,12H,6-8H2,1-5H3;9-11H,6-8H2,1-5H3;5H,4H2,1-3H3;4H,1-3H3;3H2,1-2H3/b3*8-7+;;;;;/t10-,11+;10-,11-;11-,12+;10-;11-;;;/m11.11.../s1. The zero-order chi connectivity index (χ0) is 60.2. The van der Waals surface area contributed by atoms with Crippen LogP contribution < -0.4 is 0 Å². The molecule has 0 aromatic rings. The van der Waals surface area contributed by atoms with Crippen LogP contribution in [-0.4, -0.2) is 32.1 Å². The molecule has 73 heavy (non-hydrogen) atoms. The van der Waals surface area contributed by atoms with Crippen molar-refractivity contribution in [1.29, 1.82) is 0 Å². The molecule has 0 fully saturated rings. The molecule has 0 unspecified atom stereocenters. The third-order valence-electron chi connectivity index (χ3n) is 14.5. The van der Waals surface area contributed by atoms with E-state index < -0.39 is 16.8 Å². The molecule has 448 valence electrons. The predicted octanol–water partition coefficient (Wildman–Crippen LogP) is 23.1. The molecule has 0 aromatic heterocycles. The second-order valence-corrected chi connectivity index (χ2v) is 28.2. The summed E-state index contributed by atoms with van der Waals surface area (Å²) in [6.07, 6.45) is 23.4. The summed E-state index contributed by atoms with van der Waals surface area (Å²) >= 11 is 0. The summed E-state index contributed by atoms with van der Waals surface area (Å²) in [6.45, 7) is 78.0. The fraction of sp³-hybridized carbons (Fsp3) is 0.914. The fourth-order valence-electron chi connectivity index (χ4n) is 4.77. The van der Waals surface area contributed by atoms with E-state index in [1.807, 2.05) is 55.4 Å². The third-order valence-corrected chi connectivity index (χ3v) is 14.5. The van der Waals surface area contributed by atoms with Gasteiger partial charge in [0.1, 0.15) is 0 Å². The summed E-state index contributed by atoms with van der Waals surface area (Å²) < 4.78 is 0. The molecule has 0 heterocycles. The first-order valence-electron chi connectivity index (χ1n) is 30.9. The lowest BCUT2D eigenvalue weighted by Gasteiger charge is -2.23. The van der Waals surface area contributed by atoms with Crippen LogP contribution in [-0.2, 0) is 0 Å². The second-order valence-electron chi connectivity index (χ2n) is 28.2. The van der Waals surface area contributed by atoms with Crippen molar-refractivity contribution in [3.05, 3.63) is 36.5 Å². The van der Waals surface area contributed by atoms with Crippen LogP contribution in [0.15, 0.2) is 36.5 Å². The van der Waals surface area contributed by atoms with Gasteiger partial charge in [-0.15, -0.1) is 0 Å². The SMILES string of the molecule is CC(C)C.CC(C)CCC[C@@H](C)C(C)C.CC(C)[C@H](C)/C=C/[C@@H](C)C(C)(C)O.CC(C)[C@H](C)/C=C/[C@H](C)C(C)(C)O.CC(C)[C@H](C)/C=C/[C@H](C)C(C)C.CC(C)[C@H](C)CCCC(C)(C)O.CCC.CCC(C)C. The molecule has 0 spiro atoms. The van der Waals surface area contributed by atoms with E-state index in [-0.39, 0.29) is 11.8 Å². The Balaban J connectivity index is -0.000000114. The molecule has 0 aromatic carbocycles. The minimum atomic E-state index is -0.604. The van der Waals surface area contributed by atoms with Crippen molar-refractivity contribution in [1.82, 2.24) is 0 Å². The average molecular weight is 1040 g/mol. The van der Waals surface area contributed by atoms with Crippen molar-refractivity contribution in [2.75, 3.05) is 0 Å². The molecular formula is C70H150O3. The van der Waals surface area contributed by atoms with Gasteiger partial charge in [0.05, 0.1) is 16.8 Å². The normalized spacial score (nSPS) is 15.5. The maximum atomic E-state index is 9.69. The molecule has 0 aliphatic carbocycles. The van der Waals surface area contributed by atoms with E-state index in [9.17, 15) is 15.3 Å². The number of hydrogen-bond acceptors (Lipinski definition) is 3. The number of rotatable bonds is 23. The Hall–Kier alpha value is -0.900.